The first-order valence-electron chi connectivity index (χ1n) is 9.95. The number of thiophene rings is 1. The van der Waals surface area contributed by atoms with Gasteiger partial charge in [0.25, 0.3) is 5.91 Å². The van der Waals surface area contributed by atoms with Crippen LogP contribution in [0.4, 0.5) is 4.39 Å². The maximum atomic E-state index is 14.3. The van der Waals surface area contributed by atoms with Gasteiger partial charge < -0.3 is 14.2 Å². The van der Waals surface area contributed by atoms with Crippen molar-refractivity contribution >= 4 is 49.4 Å². The van der Waals surface area contributed by atoms with E-state index in [2.05, 4.69) is 15.9 Å². The van der Waals surface area contributed by atoms with Gasteiger partial charge in [0.15, 0.2) is 0 Å². The van der Waals surface area contributed by atoms with E-state index in [-0.39, 0.29) is 30.2 Å². The van der Waals surface area contributed by atoms with Gasteiger partial charge in [-0.15, -0.1) is 11.3 Å². The van der Waals surface area contributed by atoms with Crippen LogP contribution in [0.15, 0.2) is 40.2 Å². The number of rotatable bonds is 5. The lowest BCUT2D eigenvalue weighted by Crippen LogP contribution is -2.41. The highest BCUT2D eigenvalue weighted by Crippen LogP contribution is 2.34. The van der Waals surface area contributed by atoms with Crippen LogP contribution in [0.5, 0.6) is 0 Å². The largest absolute Gasteiger partial charge is 0.466 e. The smallest absolute Gasteiger partial charge is 0.309 e. The minimum Gasteiger partial charge on any atom is -0.466 e. The highest BCUT2D eigenvalue weighted by atomic mass is 79.9. The van der Waals surface area contributed by atoms with Crippen molar-refractivity contribution < 1.29 is 18.7 Å². The van der Waals surface area contributed by atoms with Gasteiger partial charge in [-0.2, -0.15) is 0 Å². The van der Waals surface area contributed by atoms with Crippen molar-refractivity contribution in [3.05, 3.63) is 57.3 Å². The molecule has 2 aromatic heterocycles. The predicted octanol–water partition coefficient (Wildman–Crippen LogP) is 5.07. The number of hydrogen-bond donors (Lipinski definition) is 0. The Kier molecular flexibility index (Phi) is 6.24. The summed E-state index contributed by atoms with van der Waals surface area (Å²) in [4.78, 5) is 27.1. The molecule has 1 aromatic carbocycles. The molecule has 1 aliphatic heterocycles. The fraction of sp³-hybridized carbons (Fsp3) is 0.364. The molecule has 1 saturated heterocycles. The summed E-state index contributed by atoms with van der Waals surface area (Å²) in [6, 6.07) is 10.5. The van der Waals surface area contributed by atoms with Crippen LogP contribution >= 0.6 is 27.3 Å². The highest BCUT2D eigenvalue weighted by Gasteiger charge is 2.30. The summed E-state index contributed by atoms with van der Waals surface area (Å²) in [5.74, 6) is -0.716. The van der Waals surface area contributed by atoms with Crippen molar-refractivity contribution in [2.75, 3.05) is 19.7 Å². The lowest BCUT2D eigenvalue weighted by atomic mass is 9.97. The number of ether oxygens (including phenoxy) is 1. The highest BCUT2D eigenvalue weighted by molar-refractivity contribution is 9.11. The van der Waals surface area contributed by atoms with Crippen molar-refractivity contribution in [2.45, 2.75) is 26.3 Å². The second-order valence-corrected chi connectivity index (χ2v) is 9.79. The Balaban J connectivity index is 1.59. The van der Waals surface area contributed by atoms with Crippen molar-refractivity contribution in [1.29, 1.82) is 0 Å². The van der Waals surface area contributed by atoms with E-state index in [4.69, 9.17) is 4.74 Å². The van der Waals surface area contributed by atoms with Gasteiger partial charge in [0.05, 0.1) is 33.1 Å². The molecule has 0 saturated carbocycles. The maximum absolute atomic E-state index is 14.3. The first-order valence-corrected chi connectivity index (χ1v) is 11.6. The van der Waals surface area contributed by atoms with E-state index in [0.29, 0.717) is 43.8 Å². The van der Waals surface area contributed by atoms with E-state index >= 15 is 0 Å². The third-order valence-electron chi connectivity index (χ3n) is 5.47. The SMILES string of the molecule is CCOC(=O)C1CCN(C(=O)c2cc3sc(Br)cc3n2Cc2ccccc2F)CC1. The molecule has 1 aliphatic rings. The van der Waals surface area contributed by atoms with Gasteiger partial charge in [-0.25, -0.2) is 4.39 Å². The molecule has 30 heavy (non-hydrogen) atoms. The van der Waals surface area contributed by atoms with E-state index in [1.165, 1.54) is 6.07 Å². The number of carbonyl (C=O) groups is 2. The number of likely N-dealkylation sites (tertiary alicyclic amines) is 1. The molecular weight excluding hydrogens is 471 g/mol. The maximum Gasteiger partial charge on any atom is 0.309 e. The quantitative estimate of drug-likeness (QED) is 0.467. The molecule has 0 N–H and O–H groups in total. The van der Waals surface area contributed by atoms with Gasteiger partial charge in [-0.3, -0.25) is 9.59 Å². The number of amides is 1. The summed E-state index contributed by atoms with van der Waals surface area (Å²) in [5.41, 5.74) is 1.98. The summed E-state index contributed by atoms with van der Waals surface area (Å²) in [5, 5.41) is 0. The Morgan fingerprint density at radius 3 is 2.67 bits per heavy atom. The number of hydrogen-bond acceptors (Lipinski definition) is 4. The molecule has 158 valence electrons. The van der Waals surface area contributed by atoms with Crippen LogP contribution in [0.2, 0.25) is 0 Å². The number of nitrogens with zero attached hydrogens (tertiary/aromatic N) is 2. The van der Waals surface area contributed by atoms with E-state index in [9.17, 15) is 14.0 Å². The molecule has 0 bridgehead atoms. The number of benzene rings is 1. The molecule has 0 aliphatic carbocycles. The van der Waals surface area contributed by atoms with Crippen molar-refractivity contribution in [3.63, 3.8) is 0 Å². The lowest BCUT2D eigenvalue weighted by molar-refractivity contribution is -0.149. The van der Waals surface area contributed by atoms with Crippen LogP contribution in [-0.2, 0) is 16.1 Å². The number of fused-ring (bicyclic) bond motifs is 1. The van der Waals surface area contributed by atoms with E-state index in [1.807, 2.05) is 16.7 Å². The molecule has 0 spiro atoms. The summed E-state index contributed by atoms with van der Waals surface area (Å²) >= 11 is 5.05. The molecule has 1 fully saturated rings. The Bertz CT molecular complexity index is 1090. The number of halogens is 2. The minimum absolute atomic E-state index is 0.0897. The molecule has 3 heterocycles. The normalized spacial score (nSPS) is 15.0. The number of esters is 1. The van der Waals surface area contributed by atoms with Crippen LogP contribution < -0.4 is 0 Å². The zero-order chi connectivity index (χ0) is 21.3. The summed E-state index contributed by atoms with van der Waals surface area (Å²) < 4.78 is 23.2. The van der Waals surface area contributed by atoms with Gasteiger partial charge >= 0.3 is 5.97 Å². The van der Waals surface area contributed by atoms with E-state index < -0.39 is 0 Å². The van der Waals surface area contributed by atoms with Crippen LogP contribution in [0.25, 0.3) is 10.2 Å². The van der Waals surface area contributed by atoms with Crippen LogP contribution in [0.3, 0.4) is 0 Å². The Morgan fingerprint density at radius 2 is 1.97 bits per heavy atom. The lowest BCUT2D eigenvalue weighted by Gasteiger charge is -2.31. The first-order chi connectivity index (χ1) is 14.5. The first kappa shape index (κ1) is 21.1. The number of aromatic nitrogens is 1. The molecule has 1 amide bonds. The van der Waals surface area contributed by atoms with Gasteiger partial charge in [-0.05, 0) is 53.9 Å². The molecule has 0 atom stereocenters. The van der Waals surface area contributed by atoms with Gasteiger partial charge in [-0.1, -0.05) is 18.2 Å². The third kappa shape index (κ3) is 4.16. The summed E-state index contributed by atoms with van der Waals surface area (Å²) in [6.07, 6.45) is 1.19. The second kappa shape index (κ2) is 8.89. The fourth-order valence-corrected chi connectivity index (χ4v) is 5.46. The third-order valence-corrected chi connectivity index (χ3v) is 7.04. The zero-order valence-corrected chi connectivity index (χ0v) is 19.0. The number of piperidine rings is 1. The van der Waals surface area contributed by atoms with Crippen molar-refractivity contribution in [3.8, 4) is 0 Å². The van der Waals surface area contributed by atoms with E-state index in [0.717, 1.165) is 14.0 Å². The zero-order valence-electron chi connectivity index (χ0n) is 16.6. The molecular formula is C22H22BrFN2O3S. The Hall–Kier alpha value is -2.19. The molecule has 3 aromatic rings. The second-order valence-electron chi connectivity index (χ2n) is 7.33. The fourth-order valence-electron chi connectivity index (χ4n) is 3.90. The molecule has 4 rings (SSSR count). The summed E-state index contributed by atoms with van der Waals surface area (Å²) in [7, 11) is 0. The number of carbonyl (C=O) groups excluding carboxylic acids is 2. The standard InChI is InChI=1S/C22H22BrFN2O3S/c1-2-29-22(28)14-7-9-25(10-8-14)21(27)18-11-19-17(12-20(23)30-19)26(18)13-15-5-3-4-6-16(15)24/h3-6,11-12,14H,2,7-10,13H2,1H3. The Morgan fingerprint density at radius 1 is 1.23 bits per heavy atom. The van der Waals surface area contributed by atoms with Crippen molar-refractivity contribution in [1.82, 2.24) is 9.47 Å². The van der Waals surface area contributed by atoms with Gasteiger partial charge in [0.1, 0.15) is 11.5 Å². The van der Waals surface area contributed by atoms with Crippen molar-refractivity contribution in [2.24, 2.45) is 5.92 Å². The Labute approximate surface area is 186 Å². The molecule has 5 nitrogen and oxygen atoms in total. The average Bonchev–Trinajstić information content (AvgIpc) is 3.26. The molecule has 0 radical (unpaired) electrons. The van der Waals surface area contributed by atoms with Crippen LogP contribution in [0, 0.1) is 11.7 Å². The topological polar surface area (TPSA) is 51.5 Å². The monoisotopic (exact) mass is 492 g/mol. The minimum atomic E-state index is -0.290. The van der Waals surface area contributed by atoms with E-state index in [1.54, 1.807) is 41.4 Å². The van der Waals surface area contributed by atoms with Crippen LogP contribution in [-0.4, -0.2) is 41.0 Å². The summed E-state index contributed by atoms with van der Waals surface area (Å²) in [6.45, 7) is 3.45. The predicted molar refractivity (Wildman–Crippen MR) is 118 cm³/mol. The average molecular weight is 493 g/mol. The molecule has 8 heteroatoms. The van der Waals surface area contributed by atoms with Crippen LogP contribution in [0.1, 0.15) is 35.8 Å². The van der Waals surface area contributed by atoms with Gasteiger partial charge in [0.2, 0.25) is 0 Å². The van der Waals surface area contributed by atoms with Gasteiger partial charge in [0, 0.05) is 18.7 Å². The molecule has 0 unspecified atom stereocenters.